The number of rotatable bonds is 3. The summed E-state index contributed by atoms with van der Waals surface area (Å²) in [5.74, 6) is 2.83. The number of hydrogen-bond donors (Lipinski definition) is 0. The molecule has 1 fully saturated rings. The first-order valence-corrected chi connectivity index (χ1v) is 18.7. The fourth-order valence-electron chi connectivity index (χ4n) is 6.25. The Kier molecular flexibility index (Phi) is 9.02. The number of allylic oxidation sites excluding steroid dienone is 4. The summed E-state index contributed by atoms with van der Waals surface area (Å²) in [5.41, 5.74) is 5.53. The second-order valence-corrected chi connectivity index (χ2v) is 16.8. The number of benzene rings is 2. The van der Waals surface area contributed by atoms with Crippen LogP contribution in [0.3, 0.4) is 0 Å². The summed E-state index contributed by atoms with van der Waals surface area (Å²) in [6.07, 6.45) is 10.9. The van der Waals surface area contributed by atoms with Gasteiger partial charge in [0.15, 0.2) is 8.24 Å². The first-order valence-electron chi connectivity index (χ1n) is 11.4. The third kappa shape index (κ3) is 5.04. The maximum atomic E-state index is 4.99. The van der Waals surface area contributed by atoms with Crippen molar-refractivity contribution in [2.45, 2.75) is 38.9 Å². The summed E-state index contributed by atoms with van der Waals surface area (Å²) in [4.78, 5) is 0. The number of anilines is 2. The minimum absolute atomic E-state index is 0. The summed E-state index contributed by atoms with van der Waals surface area (Å²) < 4.78 is 2.74. The van der Waals surface area contributed by atoms with Gasteiger partial charge in [0.2, 0.25) is 0 Å². The molecule has 0 bridgehead atoms. The third-order valence-corrected chi connectivity index (χ3v) is 11.5. The Morgan fingerprint density at radius 2 is 1.45 bits per heavy atom. The van der Waals surface area contributed by atoms with Crippen molar-refractivity contribution in [1.82, 2.24) is 0 Å². The van der Waals surface area contributed by atoms with Crippen LogP contribution in [-0.4, -0.2) is 8.24 Å². The molecule has 2 aromatic carbocycles. The van der Waals surface area contributed by atoms with Crippen LogP contribution in [0.15, 0.2) is 72.8 Å². The van der Waals surface area contributed by atoms with Gasteiger partial charge in [0.25, 0.3) is 0 Å². The van der Waals surface area contributed by atoms with Crippen LogP contribution in [-0.2, 0) is 17.0 Å². The molecule has 3 aliphatic rings. The molecule has 6 heteroatoms. The van der Waals surface area contributed by atoms with Crippen LogP contribution >= 0.6 is 18.6 Å². The summed E-state index contributed by atoms with van der Waals surface area (Å²) in [5, 5.41) is 4.99. The third-order valence-electron chi connectivity index (χ3n) is 7.45. The first-order chi connectivity index (χ1) is 15.4. The zero-order valence-electron chi connectivity index (χ0n) is 20.2. The molecule has 0 radical (unpaired) electrons. The SMILES string of the molecule is CC(C)[C@@H]1C[C@@H]2C=CC=C[C@@H]2C1[Si](C)(C)N1c2ccccc2[N-]c2ccccc21.[CH3-].[Cl][Ti][Cl]. The monoisotopic (exact) mass is 532 g/mol. The average Bonchev–Trinajstić information content (AvgIpc) is 3.19. The summed E-state index contributed by atoms with van der Waals surface area (Å²) in [7, 11) is 7.86. The molecule has 1 aliphatic heterocycles. The van der Waals surface area contributed by atoms with Gasteiger partial charge in [-0.1, -0.05) is 87.6 Å². The van der Waals surface area contributed by atoms with Crippen molar-refractivity contribution in [2.24, 2.45) is 23.7 Å². The van der Waals surface area contributed by atoms with E-state index in [0.29, 0.717) is 23.3 Å². The molecule has 0 aromatic heterocycles. The molecule has 5 rings (SSSR count). The Balaban J connectivity index is 0.000000728. The van der Waals surface area contributed by atoms with Crippen molar-refractivity contribution in [1.29, 1.82) is 0 Å². The van der Waals surface area contributed by atoms with E-state index in [2.05, 4.69) is 104 Å². The molecular weight excluding hydrogens is 499 g/mol. The molecule has 0 N–H and O–H groups in total. The molecule has 1 unspecified atom stereocenters. The van der Waals surface area contributed by atoms with Crippen LogP contribution in [0.4, 0.5) is 22.7 Å². The molecule has 2 aliphatic carbocycles. The van der Waals surface area contributed by atoms with E-state index in [4.69, 9.17) is 23.9 Å². The quantitative estimate of drug-likeness (QED) is 0.284. The van der Waals surface area contributed by atoms with Gasteiger partial charge < -0.3 is 17.3 Å². The molecule has 0 saturated heterocycles. The molecule has 0 spiro atoms. The van der Waals surface area contributed by atoms with E-state index in [1.54, 1.807) is 0 Å². The van der Waals surface area contributed by atoms with E-state index < -0.39 is 25.3 Å². The van der Waals surface area contributed by atoms with Crippen LogP contribution in [0.2, 0.25) is 18.6 Å². The van der Waals surface area contributed by atoms with Crippen molar-refractivity contribution >= 4 is 49.6 Å². The Bertz CT molecular complexity index is 962. The van der Waals surface area contributed by atoms with Crippen LogP contribution in [0, 0.1) is 31.1 Å². The van der Waals surface area contributed by atoms with Crippen LogP contribution in [0.25, 0.3) is 5.32 Å². The van der Waals surface area contributed by atoms with Gasteiger partial charge in [-0.15, -0.1) is 11.4 Å². The van der Waals surface area contributed by atoms with Gasteiger partial charge in [-0.05, 0) is 47.8 Å². The molecule has 0 amide bonds. The van der Waals surface area contributed by atoms with Crippen LogP contribution in [0.5, 0.6) is 0 Å². The maximum absolute atomic E-state index is 4.99. The van der Waals surface area contributed by atoms with E-state index in [9.17, 15) is 0 Å². The van der Waals surface area contributed by atoms with Crippen LogP contribution in [0.1, 0.15) is 20.3 Å². The number of para-hydroxylation sites is 4. The normalized spacial score (nSPS) is 24.5. The number of hydrogen-bond acceptors (Lipinski definition) is 1. The van der Waals surface area contributed by atoms with E-state index in [1.807, 2.05) is 0 Å². The van der Waals surface area contributed by atoms with Gasteiger partial charge >= 0.3 is 35.6 Å². The van der Waals surface area contributed by atoms with E-state index in [1.165, 1.54) is 17.8 Å². The van der Waals surface area contributed by atoms with Gasteiger partial charge in [-0.3, -0.25) is 0 Å². The molecule has 2 nitrogen and oxygen atoms in total. The zero-order chi connectivity index (χ0) is 22.9. The predicted molar refractivity (Wildman–Crippen MR) is 145 cm³/mol. The number of nitrogens with zero attached hydrogens (tertiary/aromatic N) is 2. The second kappa shape index (κ2) is 11.2. The summed E-state index contributed by atoms with van der Waals surface area (Å²) in [6, 6.07) is 17.4. The topological polar surface area (TPSA) is 17.3 Å². The second-order valence-electron chi connectivity index (χ2n) is 9.83. The number of fused-ring (bicyclic) bond motifs is 3. The molecule has 2 aromatic rings. The van der Waals surface area contributed by atoms with Crippen molar-refractivity contribution in [3.63, 3.8) is 0 Å². The standard InChI is InChI=1S/C26H31N2Si.CH3.2ClH.Ti/c1-18(2)21-17-19-11-5-6-12-20(19)26(21)29(3,4)28-24-15-9-7-13-22(24)27-23-14-8-10-16-25(23)28;;;;/h5-16,18-21,26H,17H2,1-4H3;1H3;2*1H;/q2*-1;;;+2/p-2/t19-,20-,21-,26?;;;;/m0..../s1. The van der Waals surface area contributed by atoms with Crippen molar-refractivity contribution in [3.05, 3.63) is 85.6 Å². The molecular formula is C27H34Cl2N2SiTi-2. The molecule has 4 atom stereocenters. The average molecular weight is 533 g/mol. The van der Waals surface area contributed by atoms with Crippen molar-refractivity contribution in [3.8, 4) is 0 Å². The molecule has 1 heterocycles. The van der Waals surface area contributed by atoms with Gasteiger partial charge in [0, 0.05) is 11.4 Å². The Morgan fingerprint density at radius 3 is 2.00 bits per heavy atom. The van der Waals surface area contributed by atoms with E-state index >= 15 is 0 Å². The Hall–Kier alpha value is -0.969. The zero-order valence-corrected chi connectivity index (χ0v) is 24.2. The minimum atomic E-state index is -1.92. The fourth-order valence-corrected chi connectivity index (χ4v) is 11.0. The van der Waals surface area contributed by atoms with E-state index in [-0.39, 0.29) is 7.43 Å². The number of halogens is 2. The predicted octanol–water partition coefficient (Wildman–Crippen LogP) is 9.91. The Labute approximate surface area is 218 Å². The first kappa shape index (κ1) is 26.6. The van der Waals surface area contributed by atoms with Crippen LogP contribution < -0.4 is 4.57 Å². The van der Waals surface area contributed by atoms with Gasteiger partial charge in [0.05, 0.1) is 0 Å². The summed E-state index contributed by atoms with van der Waals surface area (Å²) >= 11 is -0.556. The van der Waals surface area contributed by atoms with Gasteiger partial charge in [-0.25, -0.2) is 0 Å². The molecule has 33 heavy (non-hydrogen) atoms. The van der Waals surface area contributed by atoms with E-state index in [0.717, 1.165) is 17.3 Å². The molecule has 176 valence electrons. The summed E-state index contributed by atoms with van der Waals surface area (Å²) in [6.45, 7) is 10.1. The van der Waals surface area contributed by atoms with Crippen molar-refractivity contribution < 1.29 is 17.0 Å². The fraction of sp³-hybridized carbons (Fsp3) is 0.370. The van der Waals surface area contributed by atoms with Crippen molar-refractivity contribution in [2.75, 3.05) is 4.57 Å². The van der Waals surface area contributed by atoms with Gasteiger partial charge in [-0.2, -0.15) is 0 Å². The molecule has 1 saturated carbocycles. The van der Waals surface area contributed by atoms with Gasteiger partial charge in [0.1, 0.15) is 0 Å². The Morgan fingerprint density at radius 1 is 0.939 bits per heavy atom.